The summed E-state index contributed by atoms with van der Waals surface area (Å²) in [5.41, 5.74) is 1.73. The maximum atomic E-state index is 12.2. The van der Waals surface area contributed by atoms with E-state index < -0.39 is 11.7 Å². The second-order valence-electron chi connectivity index (χ2n) is 7.22. The van der Waals surface area contributed by atoms with E-state index in [-0.39, 0.29) is 30.0 Å². The van der Waals surface area contributed by atoms with Gasteiger partial charge >= 0.3 is 6.09 Å². The van der Waals surface area contributed by atoms with Crippen molar-refractivity contribution in [1.29, 1.82) is 0 Å². The molecule has 0 aliphatic heterocycles. The smallest absolute Gasteiger partial charge is 0.408 e. The van der Waals surface area contributed by atoms with Gasteiger partial charge in [0.05, 0.1) is 6.04 Å². The summed E-state index contributed by atoms with van der Waals surface area (Å²) in [4.78, 5) is 16.3. The number of carbonyl (C=O) groups is 1. The molecule has 1 unspecified atom stereocenters. The maximum Gasteiger partial charge on any atom is 0.408 e. The van der Waals surface area contributed by atoms with Gasteiger partial charge in [0.2, 0.25) is 0 Å². The molecule has 0 aliphatic rings. The minimum atomic E-state index is -0.537. The van der Waals surface area contributed by atoms with Gasteiger partial charge < -0.3 is 20.7 Å². The third-order valence-corrected chi connectivity index (χ3v) is 3.63. The van der Waals surface area contributed by atoms with Crippen molar-refractivity contribution in [2.45, 2.75) is 52.2 Å². The molecule has 0 heterocycles. The van der Waals surface area contributed by atoms with Gasteiger partial charge in [-0.1, -0.05) is 38.1 Å². The van der Waals surface area contributed by atoms with Crippen LogP contribution in [0.1, 0.15) is 57.7 Å². The molecule has 1 amide bonds. The molecule has 0 saturated heterocycles. The minimum absolute atomic E-state index is 0. The van der Waals surface area contributed by atoms with Crippen LogP contribution in [0.5, 0.6) is 0 Å². The summed E-state index contributed by atoms with van der Waals surface area (Å²) < 4.78 is 5.39. The van der Waals surface area contributed by atoms with Crippen LogP contribution in [-0.2, 0) is 4.74 Å². The first-order chi connectivity index (χ1) is 11.7. The highest BCUT2D eigenvalue weighted by Crippen LogP contribution is 2.19. The molecule has 148 valence electrons. The van der Waals surface area contributed by atoms with Gasteiger partial charge in [-0.2, -0.15) is 0 Å². The van der Waals surface area contributed by atoms with Crippen molar-refractivity contribution in [3.63, 3.8) is 0 Å². The standard InChI is InChI=1S/C19H32N4O2.HI/c1-13(2)14-8-10-15(11-9-14)16(12-22-17(20-6)21-7)23-18(24)25-19(3,4)5;/h8-11,13,16H,12H2,1-7H3,(H,23,24)(H2,20,21,22);1H. The number of hydrogen-bond donors (Lipinski definition) is 3. The Morgan fingerprint density at radius 1 is 1.15 bits per heavy atom. The average molecular weight is 476 g/mol. The monoisotopic (exact) mass is 476 g/mol. The SMILES string of the molecule is CN=C(NC)NCC(NC(=O)OC(C)(C)C)c1ccc(C(C)C)cc1.I. The second-order valence-corrected chi connectivity index (χ2v) is 7.22. The summed E-state index contributed by atoms with van der Waals surface area (Å²) in [6.07, 6.45) is -0.438. The highest BCUT2D eigenvalue weighted by molar-refractivity contribution is 14.0. The van der Waals surface area contributed by atoms with Crippen LogP contribution in [-0.4, -0.2) is 38.3 Å². The van der Waals surface area contributed by atoms with E-state index in [9.17, 15) is 4.79 Å². The Bertz CT molecular complexity index is 580. The van der Waals surface area contributed by atoms with Crippen LogP contribution in [0.2, 0.25) is 0 Å². The third kappa shape index (κ3) is 8.73. The van der Waals surface area contributed by atoms with E-state index in [1.54, 1.807) is 14.1 Å². The van der Waals surface area contributed by atoms with E-state index >= 15 is 0 Å². The Kier molecular flexibility index (Phi) is 10.6. The average Bonchev–Trinajstić information content (AvgIpc) is 2.53. The molecule has 1 aromatic rings. The lowest BCUT2D eigenvalue weighted by molar-refractivity contribution is 0.0504. The lowest BCUT2D eigenvalue weighted by Crippen LogP contribution is -2.43. The van der Waals surface area contributed by atoms with Crippen molar-refractivity contribution in [2.24, 2.45) is 4.99 Å². The van der Waals surface area contributed by atoms with E-state index in [0.717, 1.165) is 5.56 Å². The highest BCUT2D eigenvalue weighted by Gasteiger charge is 2.21. The highest BCUT2D eigenvalue weighted by atomic mass is 127. The molecular formula is C19H33IN4O2. The summed E-state index contributed by atoms with van der Waals surface area (Å²) in [7, 11) is 3.50. The van der Waals surface area contributed by atoms with Gasteiger partial charge in [-0.3, -0.25) is 4.99 Å². The van der Waals surface area contributed by atoms with Crippen LogP contribution < -0.4 is 16.0 Å². The Labute approximate surface area is 174 Å². The van der Waals surface area contributed by atoms with Crippen LogP contribution in [0.25, 0.3) is 0 Å². The molecule has 6 nitrogen and oxygen atoms in total. The van der Waals surface area contributed by atoms with Gasteiger partial charge in [0.25, 0.3) is 0 Å². The normalized spacial score (nSPS) is 12.8. The number of hydrogen-bond acceptors (Lipinski definition) is 3. The van der Waals surface area contributed by atoms with E-state index in [2.05, 4.69) is 46.9 Å². The third-order valence-electron chi connectivity index (χ3n) is 3.63. The second kappa shape index (κ2) is 11.3. The topological polar surface area (TPSA) is 74.8 Å². The number of alkyl carbamates (subject to hydrolysis) is 1. The van der Waals surface area contributed by atoms with Crippen molar-refractivity contribution in [1.82, 2.24) is 16.0 Å². The molecule has 1 rings (SSSR count). The number of benzene rings is 1. The van der Waals surface area contributed by atoms with Crippen molar-refractivity contribution in [3.8, 4) is 0 Å². The molecule has 1 atom stereocenters. The Morgan fingerprint density at radius 3 is 2.12 bits per heavy atom. The van der Waals surface area contributed by atoms with Crippen molar-refractivity contribution >= 4 is 36.0 Å². The van der Waals surface area contributed by atoms with Gasteiger partial charge in [-0.25, -0.2) is 4.79 Å². The quantitative estimate of drug-likeness (QED) is 0.344. The molecule has 0 saturated carbocycles. The van der Waals surface area contributed by atoms with Gasteiger partial charge in [0.15, 0.2) is 5.96 Å². The molecule has 26 heavy (non-hydrogen) atoms. The van der Waals surface area contributed by atoms with Crippen molar-refractivity contribution in [3.05, 3.63) is 35.4 Å². The zero-order valence-corrected chi connectivity index (χ0v) is 19.2. The summed E-state index contributed by atoms with van der Waals surface area (Å²) >= 11 is 0. The lowest BCUT2D eigenvalue weighted by Gasteiger charge is -2.25. The maximum absolute atomic E-state index is 12.2. The molecule has 0 radical (unpaired) electrons. The summed E-state index contributed by atoms with van der Waals surface area (Å²) in [6, 6.07) is 8.04. The number of guanidine groups is 1. The van der Waals surface area contributed by atoms with Gasteiger partial charge in [-0.05, 0) is 37.8 Å². The van der Waals surface area contributed by atoms with E-state index in [4.69, 9.17) is 4.74 Å². The fraction of sp³-hybridized carbons (Fsp3) is 0.579. The van der Waals surface area contributed by atoms with Gasteiger partial charge in [0, 0.05) is 20.6 Å². The van der Waals surface area contributed by atoms with Crippen LogP contribution in [0.15, 0.2) is 29.3 Å². The van der Waals surface area contributed by atoms with Crippen LogP contribution >= 0.6 is 24.0 Å². The Hall–Kier alpha value is -1.51. The summed E-state index contributed by atoms with van der Waals surface area (Å²) in [5, 5.41) is 9.10. The number of carbonyl (C=O) groups excluding carboxylic acids is 1. The molecule has 1 aromatic carbocycles. The molecule has 0 bridgehead atoms. The van der Waals surface area contributed by atoms with Gasteiger partial charge in [-0.15, -0.1) is 24.0 Å². The molecule has 0 fully saturated rings. The predicted molar refractivity (Wildman–Crippen MR) is 118 cm³/mol. The largest absolute Gasteiger partial charge is 0.444 e. The molecular weight excluding hydrogens is 443 g/mol. The number of ether oxygens (including phenoxy) is 1. The first-order valence-corrected chi connectivity index (χ1v) is 8.64. The number of rotatable bonds is 5. The fourth-order valence-corrected chi connectivity index (χ4v) is 2.29. The first kappa shape index (κ1) is 24.5. The molecule has 7 heteroatoms. The van der Waals surface area contributed by atoms with Gasteiger partial charge in [0.1, 0.15) is 5.60 Å². The molecule has 0 spiro atoms. The van der Waals surface area contributed by atoms with E-state index in [1.807, 2.05) is 32.9 Å². The Morgan fingerprint density at radius 2 is 1.69 bits per heavy atom. The predicted octanol–water partition coefficient (Wildman–Crippen LogP) is 3.79. The molecule has 0 aliphatic carbocycles. The zero-order chi connectivity index (χ0) is 19.0. The lowest BCUT2D eigenvalue weighted by atomic mass is 9.99. The van der Waals surface area contributed by atoms with E-state index in [0.29, 0.717) is 18.4 Å². The number of amides is 1. The van der Waals surface area contributed by atoms with Crippen molar-refractivity contribution in [2.75, 3.05) is 20.6 Å². The van der Waals surface area contributed by atoms with Crippen LogP contribution in [0.4, 0.5) is 4.79 Å². The number of nitrogens with zero attached hydrogens (tertiary/aromatic N) is 1. The van der Waals surface area contributed by atoms with Crippen molar-refractivity contribution < 1.29 is 9.53 Å². The number of nitrogens with one attached hydrogen (secondary N) is 3. The van der Waals surface area contributed by atoms with E-state index in [1.165, 1.54) is 5.56 Å². The minimum Gasteiger partial charge on any atom is -0.444 e. The van der Waals surface area contributed by atoms with Crippen LogP contribution in [0.3, 0.4) is 0 Å². The molecule has 3 N–H and O–H groups in total. The zero-order valence-electron chi connectivity index (χ0n) is 16.8. The first-order valence-electron chi connectivity index (χ1n) is 8.64. The summed E-state index contributed by atoms with van der Waals surface area (Å²) in [6.45, 7) is 10.3. The number of aliphatic imine (C=N–C) groups is 1. The molecule has 0 aromatic heterocycles. The Balaban J connectivity index is 0.00000625. The number of halogens is 1. The summed E-state index contributed by atoms with van der Waals surface area (Å²) in [5.74, 6) is 1.13. The van der Waals surface area contributed by atoms with Crippen LogP contribution in [0, 0.1) is 0 Å². The fourth-order valence-electron chi connectivity index (χ4n) is 2.29.